The van der Waals surface area contributed by atoms with E-state index >= 15 is 0 Å². The Hall–Kier alpha value is -1.38. The summed E-state index contributed by atoms with van der Waals surface area (Å²) in [5.41, 5.74) is 1.23. The van der Waals surface area contributed by atoms with Gasteiger partial charge in [-0.15, -0.1) is 0 Å². The Morgan fingerprint density at radius 3 is 3.23 bits per heavy atom. The van der Waals surface area contributed by atoms with E-state index < -0.39 is 0 Å². The van der Waals surface area contributed by atoms with E-state index in [1.54, 1.807) is 6.20 Å². The third-order valence-corrected chi connectivity index (χ3v) is 2.17. The van der Waals surface area contributed by atoms with Crippen molar-refractivity contribution in [1.82, 2.24) is 10.3 Å². The van der Waals surface area contributed by atoms with E-state index in [0.717, 1.165) is 19.5 Å². The standard InChI is InChI=1S/C10H13N3/c1-3-9(7-11-5-1)8-13-10-4-2-6-12-10/h1,3,5,7H,2,4,6,8H2,(H,12,13)/p+1. The number of rotatable bonds is 2. The van der Waals surface area contributed by atoms with E-state index in [1.165, 1.54) is 17.8 Å². The lowest BCUT2D eigenvalue weighted by Crippen LogP contribution is -2.72. The minimum atomic E-state index is 0.871. The lowest BCUT2D eigenvalue weighted by molar-refractivity contribution is -0.449. The van der Waals surface area contributed by atoms with Gasteiger partial charge in [0.05, 0.1) is 13.0 Å². The Morgan fingerprint density at radius 2 is 2.54 bits per heavy atom. The summed E-state index contributed by atoms with van der Waals surface area (Å²) in [5.74, 6) is 1.27. The van der Waals surface area contributed by atoms with Crippen molar-refractivity contribution in [1.29, 1.82) is 0 Å². The second-order valence-electron chi connectivity index (χ2n) is 3.22. The first-order valence-corrected chi connectivity index (χ1v) is 4.67. The highest BCUT2D eigenvalue weighted by molar-refractivity contribution is 5.77. The zero-order valence-corrected chi connectivity index (χ0v) is 7.59. The normalized spacial score (nSPS) is 15.5. The summed E-state index contributed by atoms with van der Waals surface area (Å²) in [6, 6.07) is 4.04. The van der Waals surface area contributed by atoms with Gasteiger partial charge >= 0.3 is 0 Å². The largest absolute Gasteiger partial charge is 0.279 e. The minimum Gasteiger partial charge on any atom is -0.279 e. The van der Waals surface area contributed by atoms with Crippen molar-refractivity contribution in [2.75, 3.05) is 6.54 Å². The van der Waals surface area contributed by atoms with Crippen LogP contribution in [0.5, 0.6) is 0 Å². The van der Waals surface area contributed by atoms with Crippen LogP contribution in [0.2, 0.25) is 0 Å². The Morgan fingerprint density at radius 1 is 1.54 bits per heavy atom. The first-order valence-electron chi connectivity index (χ1n) is 4.67. The van der Waals surface area contributed by atoms with Crippen LogP contribution in [0.4, 0.5) is 0 Å². The SMILES string of the molecule is c1cncc(CNC2=[NH+]CCC2)c1. The molecular formula is C10H14N3+. The molecule has 0 aromatic carbocycles. The molecule has 3 nitrogen and oxygen atoms in total. The summed E-state index contributed by atoms with van der Waals surface area (Å²) in [7, 11) is 0. The Kier molecular flexibility index (Phi) is 2.55. The molecule has 0 saturated heterocycles. The summed E-state index contributed by atoms with van der Waals surface area (Å²) < 4.78 is 0. The molecule has 2 rings (SSSR count). The molecule has 0 bridgehead atoms. The molecule has 2 N–H and O–H groups in total. The molecule has 3 heteroatoms. The van der Waals surface area contributed by atoms with Gasteiger partial charge in [-0.25, -0.2) is 0 Å². The van der Waals surface area contributed by atoms with Crippen molar-refractivity contribution in [3.8, 4) is 0 Å². The van der Waals surface area contributed by atoms with Gasteiger partial charge in [-0.1, -0.05) is 6.07 Å². The first kappa shape index (κ1) is 8.23. The van der Waals surface area contributed by atoms with Gasteiger partial charge in [0, 0.05) is 18.0 Å². The second kappa shape index (κ2) is 4.03. The van der Waals surface area contributed by atoms with Crippen LogP contribution in [0.15, 0.2) is 24.5 Å². The summed E-state index contributed by atoms with van der Waals surface area (Å²) in [6.45, 7) is 1.98. The lowest BCUT2D eigenvalue weighted by atomic mass is 10.3. The Bertz CT molecular complexity index is 292. The van der Waals surface area contributed by atoms with Crippen LogP contribution in [0.1, 0.15) is 18.4 Å². The quantitative estimate of drug-likeness (QED) is 0.634. The molecule has 0 fully saturated rings. The van der Waals surface area contributed by atoms with Crippen molar-refractivity contribution in [2.45, 2.75) is 19.4 Å². The van der Waals surface area contributed by atoms with Crippen molar-refractivity contribution in [3.05, 3.63) is 30.1 Å². The topological polar surface area (TPSA) is 38.9 Å². The van der Waals surface area contributed by atoms with Crippen molar-refractivity contribution in [2.24, 2.45) is 0 Å². The maximum Gasteiger partial charge on any atom is 0.242 e. The molecule has 1 aromatic rings. The molecule has 0 atom stereocenters. The van der Waals surface area contributed by atoms with E-state index in [-0.39, 0.29) is 0 Å². The molecule has 1 aliphatic rings. The van der Waals surface area contributed by atoms with Gasteiger partial charge in [-0.05, 0) is 12.5 Å². The van der Waals surface area contributed by atoms with Crippen LogP contribution in [0, 0.1) is 0 Å². The molecular weight excluding hydrogens is 162 g/mol. The molecule has 0 aliphatic carbocycles. The summed E-state index contributed by atoms with van der Waals surface area (Å²) in [5, 5.41) is 3.36. The average molecular weight is 176 g/mol. The van der Waals surface area contributed by atoms with Gasteiger partial charge < -0.3 is 0 Å². The maximum atomic E-state index is 4.06. The van der Waals surface area contributed by atoms with E-state index in [9.17, 15) is 0 Å². The Labute approximate surface area is 77.9 Å². The highest BCUT2D eigenvalue weighted by atomic mass is 15.0. The van der Waals surface area contributed by atoms with Crippen LogP contribution in [0.25, 0.3) is 0 Å². The maximum absolute atomic E-state index is 4.06. The number of hydrogen-bond acceptors (Lipinski definition) is 2. The van der Waals surface area contributed by atoms with Crippen molar-refractivity contribution in [3.63, 3.8) is 0 Å². The lowest BCUT2D eigenvalue weighted by Gasteiger charge is -1.97. The summed E-state index contributed by atoms with van der Waals surface area (Å²) in [4.78, 5) is 7.37. The zero-order valence-electron chi connectivity index (χ0n) is 7.59. The highest BCUT2D eigenvalue weighted by Gasteiger charge is 2.11. The molecule has 0 saturated carbocycles. The molecule has 0 amide bonds. The van der Waals surface area contributed by atoms with Gasteiger partial charge in [0.2, 0.25) is 5.84 Å². The minimum absolute atomic E-state index is 0.871. The van der Waals surface area contributed by atoms with Crippen LogP contribution in [-0.2, 0) is 6.54 Å². The fraction of sp³-hybridized carbons (Fsp3) is 0.400. The average Bonchev–Trinajstić information content (AvgIpc) is 2.69. The van der Waals surface area contributed by atoms with Crippen LogP contribution >= 0.6 is 0 Å². The monoisotopic (exact) mass is 176 g/mol. The van der Waals surface area contributed by atoms with Crippen molar-refractivity contribution >= 4 is 5.84 Å². The number of hydrogen-bond donors (Lipinski definition) is 2. The fourth-order valence-electron chi connectivity index (χ4n) is 1.46. The van der Waals surface area contributed by atoms with Gasteiger partial charge in [-0.3, -0.25) is 15.3 Å². The van der Waals surface area contributed by atoms with Gasteiger partial charge in [0.1, 0.15) is 6.54 Å². The van der Waals surface area contributed by atoms with Crippen LogP contribution < -0.4 is 10.3 Å². The van der Waals surface area contributed by atoms with Crippen LogP contribution in [-0.4, -0.2) is 17.4 Å². The number of aromatic nitrogens is 1. The number of pyridine rings is 1. The molecule has 0 spiro atoms. The zero-order chi connectivity index (χ0) is 8.93. The number of nitrogens with zero attached hydrogens (tertiary/aromatic N) is 1. The highest BCUT2D eigenvalue weighted by Crippen LogP contribution is 1.95. The second-order valence-corrected chi connectivity index (χ2v) is 3.22. The molecule has 0 unspecified atom stereocenters. The van der Waals surface area contributed by atoms with E-state index in [4.69, 9.17) is 0 Å². The summed E-state index contributed by atoms with van der Waals surface area (Å²) in [6.07, 6.45) is 6.09. The van der Waals surface area contributed by atoms with E-state index in [1.807, 2.05) is 12.3 Å². The fourth-order valence-corrected chi connectivity index (χ4v) is 1.46. The predicted octanol–water partition coefficient (Wildman–Crippen LogP) is -0.556. The molecule has 1 aliphatic heterocycles. The number of nitrogens with one attached hydrogen (secondary N) is 2. The molecule has 0 radical (unpaired) electrons. The van der Waals surface area contributed by atoms with Gasteiger partial charge in [-0.2, -0.15) is 0 Å². The van der Waals surface area contributed by atoms with Crippen LogP contribution in [0.3, 0.4) is 0 Å². The first-order chi connectivity index (χ1) is 6.45. The molecule has 68 valence electrons. The van der Waals surface area contributed by atoms with Gasteiger partial charge in [0.25, 0.3) is 0 Å². The molecule has 13 heavy (non-hydrogen) atoms. The van der Waals surface area contributed by atoms with Crippen molar-refractivity contribution < 1.29 is 4.99 Å². The smallest absolute Gasteiger partial charge is 0.242 e. The Balaban J connectivity index is 1.86. The summed E-state index contributed by atoms with van der Waals surface area (Å²) >= 11 is 0. The molecule has 2 heterocycles. The predicted molar refractivity (Wildman–Crippen MR) is 51.1 cm³/mol. The van der Waals surface area contributed by atoms with E-state index in [0.29, 0.717) is 0 Å². The molecule has 1 aromatic heterocycles. The van der Waals surface area contributed by atoms with Gasteiger partial charge in [0.15, 0.2) is 0 Å². The third-order valence-electron chi connectivity index (χ3n) is 2.17. The third kappa shape index (κ3) is 2.28. The number of amidine groups is 1. The van der Waals surface area contributed by atoms with E-state index in [2.05, 4.69) is 21.4 Å².